The number of carbonyl (C=O) groups is 1. The standard InChI is InChI=1S/C19H16O4/c20-19(21)16(13-15-23-18-11-5-2-6-12-18)8-7-14-22-17-9-3-1-4-10-17/h1-6,9-13H,14-15H2,(H,20,21)/b16-13+. The Morgan fingerprint density at radius 2 is 1.52 bits per heavy atom. The minimum atomic E-state index is -1.09. The van der Waals surface area contributed by atoms with Crippen molar-refractivity contribution in [2.24, 2.45) is 0 Å². The predicted molar refractivity (Wildman–Crippen MR) is 87.4 cm³/mol. The van der Waals surface area contributed by atoms with E-state index in [-0.39, 0.29) is 18.8 Å². The van der Waals surface area contributed by atoms with Crippen LogP contribution in [0, 0.1) is 11.8 Å². The number of hydrogen-bond donors (Lipinski definition) is 1. The van der Waals surface area contributed by atoms with Gasteiger partial charge in [0.1, 0.15) is 30.3 Å². The molecule has 0 atom stereocenters. The molecule has 0 unspecified atom stereocenters. The first-order chi connectivity index (χ1) is 11.3. The number of carboxylic acids is 1. The average Bonchev–Trinajstić information content (AvgIpc) is 2.58. The van der Waals surface area contributed by atoms with E-state index >= 15 is 0 Å². The molecule has 0 fully saturated rings. The van der Waals surface area contributed by atoms with Crippen molar-refractivity contribution in [2.75, 3.05) is 13.2 Å². The van der Waals surface area contributed by atoms with Gasteiger partial charge in [0.25, 0.3) is 0 Å². The van der Waals surface area contributed by atoms with Gasteiger partial charge in [-0.2, -0.15) is 0 Å². The average molecular weight is 308 g/mol. The molecular formula is C19H16O4. The molecule has 4 heteroatoms. The van der Waals surface area contributed by atoms with Crippen molar-refractivity contribution in [3.8, 4) is 23.3 Å². The topological polar surface area (TPSA) is 55.8 Å². The fourth-order valence-electron chi connectivity index (χ4n) is 1.70. The van der Waals surface area contributed by atoms with Gasteiger partial charge in [-0.3, -0.25) is 0 Å². The maximum atomic E-state index is 11.1. The second-order valence-electron chi connectivity index (χ2n) is 4.45. The van der Waals surface area contributed by atoms with Gasteiger partial charge in [0.15, 0.2) is 0 Å². The van der Waals surface area contributed by atoms with E-state index in [0.29, 0.717) is 11.5 Å². The summed E-state index contributed by atoms with van der Waals surface area (Å²) in [5, 5.41) is 9.12. The largest absolute Gasteiger partial charge is 0.489 e. The van der Waals surface area contributed by atoms with Crippen LogP contribution in [0.25, 0.3) is 0 Å². The van der Waals surface area contributed by atoms with Gasteiger partial charge < -0.3 is 14.6 Å². The van der Waals surface area contributed by atoms with Crippen LogP contribution in [-0.2, 0) is 4.79 Å². The number of aliphatic carboxylic acids is 1. The lowest BCUT2D eigenvalue weighted by Crippen LogP contribution is -2.03. The van der Waals surface area contributed by atoms with Crippen LogP contribution in [0.3, 0.4) is 0 Å². The summed E-state index contributed by atoms with van der Waals surface area (Å²) in [6.07, 6.45) is 1.44. The fraction of sp³-hybridized carbons (Fsp3) is 0.105. The number of benzene rings is 2. The molecule has 116 valence electrons. The van der Waals surface area contributed by atoms with Crippen LogP contribution in [0.5, 0.6) is 11.5 Å². The molecule has 0 aliphatic heterocycles. The van der Waals surface area contributed by atoms with Crippen molar-refractivity contribution in [1.82, 2.24) is 0 Å². The summed E-state index contributed by atoms with van der Waals surface area (Å²) in [6.45, 7) is 0.258. The van der Waals surface area contributed by atoms with Gasteiger partial charge in [-0.05, 0) is 30.3 Å². The molecule has 0 heterocycles. The van der Waals surface area contributed by atoms with Crippen LogP contribution < -0.4 is 9.47 Å². The highest BCUT2D eigenvalue weighted by Crippen LogP contribution is 2.09. The number of carboxylic acid groups (broad SMARTS) is 1. The molecule has 0 aliphatic rings. The molecule has 23 heavy (non-hydrogen) atoms. The molecule has 0 spiro atoms. The summed E-state index contributed by atoms with van der Waals surface area (Å²) in [4.78, 5) is 11.1. The molecule has 0 saturated carbocycles. The SMILES string of the molecule is O=C(O)/C(C#CCOc1ccccc1)=C/COc1ccccc1. The Balaban J connectivity index is 1.87. The van der Waals surface area contributed by atoms with E-state index in [4.69, 9.17) is 14.6 Å². The van der Waals surface area contributed by atoms with Crippen LogP contribution >= 0.6 is 0 Å². The molecule has 2 aromatic rings. The molecule has 0 saturated heterocycles. The zero-order valence-corrected chi connectivity index (χ0v) is 12.4. The molecule has 0 aromatic heterocycles. The maximum absolute atomic E-state index is 11.1. The third-order valence-corrected chi connectivity index (χ3v) is 2.79. The van der Waals surface area contributed by atoms with Gasteiger partial charge in [-0.15, -0.1) is 0 Å². The number of hydrogen-bond acceptors (Lipinski definition) is 3. The van der Waals surface area contributed by atoms with Crippen molar-refractivity contribution in [2.45, 2.75) is 0 Å². The maximum Gasteiger partial charge on any atom is 0.344 e. The Morgan fingerprint density at radius 1 is 0.957 bits per heavy atom. The first kappa shape index (κ1) is 16.2. The second kappa shape index (κ2) is 8.96. The Labute approximate surface area is 135 Å². The van der Waals surface area contributed by atoms with Crippen molar-refractivity contribution >= 4 is 5.97 Å². The summed E-state index contributed by atoms with van der Waals surface area (Å²) < 4.78 is 10.8. The summed E-state index contributed by atoms with van der Waals surface area (Å²) in [5.41, 5.74) is -0.0161. The number of rotatable bonds is 6. The van der Waals surface area contributed by atoms with Crippen molar-refractivity contribution in [3.05, 3.63) is 72.3 Å². The lowest BCUT2D eigenvalue weighted by Gasteiger charge is -2.02. The van der Waals surface area contributed by atoms with E-state index in [9.17, 15) is 4.79 Å². The van der Waals surface area contributed by atoms with Crippen molar-refractivity contribution in [1.29, 1.82) is 0 Å². The zero-order valence-electron chi connectivity index (χ0n) is 12.4. The lowest BCUT2D eigenvalue weighted by molar-refractivity contribution is -0.132. The number of ether oxygens (including phenoxy) is 2. The molecular weight excluding hydrogens is 292 g/mol. The molecule has 4 nitrogen and oxygen atoms in total. The molecule has 2 aromatic carbocycles. The smallest absolute Gasteiger partial charge is 0.344 e. The van der Waals surface area contributed by atoms with E-state index in [2.05, 4.69) is 11.8 Å². The van der Waals surface area contributed by atoms with Crippen molar-refractivity contribution < 1.29 is 19.4 Å². The Kier molecular flexibility index (Phi) is 6.30. The van der Waals surface area contributed by atoms with Crippen LogP contribution in [0.1, 0.15) is 0 Å². The fourth-order valence-corrected chi connectivity index (χ4v) is 1.70. The normalized spacial score (nSPS) is 10.3. The third kappa shape index (κ3) is 5.98. The molecule has 2 rings (SSSR count). The summed E-state index contributed by atoms with van der Waals surface area (Å²) >= 11 is 0. The first-order valence-electron chi connectivity index (χ1n) is 7.04. The van der Waals surface area contributed by atoms with Gasteiger partial charge in [0, 0.05) is 0 Å². The molecule has 0 aliphatic carbocycles. The van der Waals surface area contributed by atoms with Gasteiger partial charge in [0.05, 0.1) is 0 Å². The monoisotopic (exact) mass is 308 g/mol. The Bertz CT molecular complexity index is 709. The highest BCUT2D eigenvalue weighted by molar-refractivity contribution is 5.91. The molecule has 1 N–H and O–H groups in total. The summed E-state index contributed by atoms with van der Waals surface area (Å²) in [7, 11) is 0. The molecule has 0 radical (unpaired) electrons. The van der Waals surface area contributed by atoms with E-state index in [0.717, 1.165) is 0 Å². The quantitative estimate of drug-likeness (QED) is 0.658. The molecule has 0 amide bonds. The highest BCUT2D eigenvalue weighted by Gasteiger charge is 2.02. The van der Waals surface area contributed by atoms with Gasteiger partial charge in [-0.1, -0.05) is 48.2 Å². The lowest BCUT2D eigenvalue weighted by atomic mass is 10.2. The van der Waals surface area contributed by atoms with Gasteiger partial charge >= 0.3 is 5.97 Å². The van der Waals surface area contributed by atoms with Crippen LogP contribution in [0.15, 0.2) is 72.3 Å². The minimum absolute atomic E-state index is 0.0161. The van der Waals surface area contributed by atoms with Crippen molar-refractivity contribution in [3.63, 3.8) is 0 Å². The second-order valence-corrected chi connectivity index (χ2v) is 4.45. The predicted octanol–water partition coefficient (Wildman–Crippen LogP) is 3.16. The highest BCUT2D eigenvalue weighted by atomic mass is 16.5. The Hall–Kier alpha value is -3.19. The first-order valence-corrected chi connectivity index (χ1v) is 7.04. The van der Waals surface area contributed by atoms with E-state index in [1.807, 2.05) is 48.5 Å². The minimum Gasteiger partial charge on any atom is -0.489 e. The van der Waals surface area contributed by atoms with Gasteiger partial charge in [-0.25, -0.2) is 4.79 Å². The van der Waals surface area contributed by atoms with Gasteiger partial charge in [0.2, 0.25) is 0 Å². The van der Waals surface area contributed by atoms with Crippen LogP contribution in [0.2, 0.25) is 0 Å². The van der Waals surface area contributed by atoms with Crippen LogP contribution in [0.4, 0.5) is 0 Å². The van der Waals surface area contributed by atoms with E-state index < -0.39 is 5.97 Å². The van der Waals surface area contributed by atoms with E-state index in [1.165, 1.54) is 6.08 Å². The third-order valence-electron chi connectivity index (χ3n) is 2.79. The number of para-hydroxylation sites is 2. The summed E-state index contributed by atoms with van der Waals surface area (Å²) in [5.74, 6) is 5.55. The van der Waals surface area contributed by atoms with E-state index in [1.54, 1.807) is 12.1 Å². The van der Waals surface area contributed by atoms with Crippen LogP contribution in [-0.4, -0.2) is 24.3 Å². The molecule has 0 bridgehead atoms. The zero-order chi connectivity index (χ0) is 16.3. The summed E-state index contributed by atoms with van der Waals surface area (Å²) in [6, 6.07) is 18.4. The Morgan fingerprint density at radius 3 is 2.09 bits per heavy atom.